The zero-order chi connectivity index (χ0) is 15.6. The van der Waals surface area contributed by atoms with Crippen molar-refractivity contribution in [3.63, 3.8) is 0 Å². The maximum Gasteiger partial charge on any atom is 0.0682 e. The molecule has 4 rings (SSSR count). The second-order valence-electron chi connectivity index (χ2n) is 6.76. The fourth-order valence-corrected chi connectivity index (χ4v) is 4.31. The normalized spacial score (nSPS) is 28.0. The predicted molar refractivity (Wildman–Crippen MR) is 92.5 cm³/mol. The van der Waals surface area contributed by atoms with Gasteiger partial charge in [-0.05, 0) is 17.5 Å². The largest absolute Gasteiger partial charge is 0.392 e. The lowest BCUT2D eigenvalue weighted by atomic mass is 9.83. The van der Waals surface area contributed by atoms with Gasteiger partial charge in [-0.2, -0.15) is 0 Å². The summed E-state index contributed by atoms with van der Waals surface area (Å²) in [6.45, 7) is 2.76. The number of nitrogens with one attached hydrogen (secondary N) is 1. The van der Waals surface area contributed by atoms with Crippen LogP contribution in [0.5, 0.6) is 0 Å². The van der Waals surface area contributed by atoms with Crippen molar-refractivity contribution >= 4 is 0 Å². The van der Waals surface area contributed by atoms with Crippen molar-refractivity contribution in [2.75, 3.05) is 19.6 Å². The van der Waals surface area contributed by atoms with E-state index in [2.05, 4.69) is 70.9 Å². The summed E-state index contributed by atoms with van der Waals surface area (Å²) in [4.78, 5) is 2.53. The van der Waals surface area contributed by atoms with Crippen molar-refractivity contribution in [3.05, 3.63) is 71.8 Å². The van der Waals surface area contributed by atoms with E-state index in [-0.39, 0.29) is 6.10 Å². The molecule has 2 aromatic rings. The molecule has 3 atom stereocenters. The average Bonchev–Trinajstić information content (AvgIpc) is 2.98. The molecule has 120 valence electrons. The lowest BCUT2D eigenvalue weighted by Gasteiger charge is -2.42. The first-order chi connectivity index (χ1) is 11.3. The highest BCUT2D eigenvalue weighted by molar-refractivity contribution is 5.35. The zero-order valence-electron chi connectivity index (χ0n) is 13.3. The van der Waals surface area contributed by atoms with Crippen LogP contribution in [0.3, 0.4) is 0 Å². The third-order valence-corrected chi connectivity index (χ3v) is 5.30. The molecule has 0 amide bonds. The van der Waals surface area contributed by atoms with Gasteiger partial charge in [0.25, 0.3) is 0 Å². The Morgan fingerprint density at radius 1 is 0.913 bits per heavy atom. The number of hydrogen-bond donors (Lipinski definition) is 2. The van der Waals surface area contributed by atoms with Gasteiger partial charge in [0.15, 0.2) is 0 Å². The number of aliphatic hydroxyl groups excluding tert-OH is 1. The minimum atomic E-state index is -0.186. The number of rotatable bonds is 3. The molecule has 0 saturated carbocycles. The van der Waals surface area contributed by atoms with Crippen LogP contribution in [0, 0.1) is 0 Å². The maximum absolute atomic E-state index is 10.1. The van der Waals surface area contributed by atoms with Gasteiger partial charge in [0.05, 0.1) is 6.10 Å². The fourth-order valence-electron chi connectivity index (χ4n) is 4.31. The molecule has 2 saturated heterocycles. The lowest BCUT2D eigenvalue weighted by Crippen LogP contribution is -2.56. The second-order valence-corrected chi connectivity index (χ2v) is 6.76. The minimum absolute atomic E-state index is 0.186. The molecule has 0 unspecified atom stereocenters. The molecule has 3 heteroatoms. The van der Waals surface area contributed by atoms with Gasteiger partial charge in [0.1, 0.15) is 0 Å². The third-order valence-electron chi connectivity index (χ3n) is 5.30. The van der Waals surface area contributed by atoms with Crippen LogP contribution >= 0.6 is 0 Å². The van der Waals surface area contributed by atoms with Crippen LogP contribution in [0.2, 0.25) is 0 Å². The molecule has 0 aliphatic carbocycles. The monoisotopic (exact) mass is 308 g/mol. The number of benzene rings is 2. The van der Waals surface area contributed by atoms with Gasteiger partial charge >= 0.3 is 0 Å². The third kappa shape index (κ3) is 2.92. The number of fused-ring (bicyclic) bond motifs is 1. The van der Waals surface area contributed by atoms with E-state index >= 15 is 0 Å². The SMILES string of the molecule is O[C@H]1C[C@H]2CNC[C@@H](C(c3ccccc3)c3ccccc3)N2C1. The minimum Gasteiger partial charge on any atom is -0.392 e. The van der Waals surface area contributed by atoms with Crippen molar-refractivity contribution in [2.45, 2.75) is 30.5 Å². The topological polar surface area (TPSA) is 35.5 Å². The van der Waals surface area contributed by atoms with E-state index in [0.29, 0.717) is 18.0 Å². The Balaban J connectivity index is 1.73. The Morgan fingerprint density at radius 3 is 2.13 bits per heavy atom. The summed E-state index contributed by atoms with van der Waals surface area (Å²) in [5.74, 6) is 0.331. The molecule has 2 fully saturated rings. The van der Waals surface area contributed by atoms with Crippen molar-refractivity contribution < 1.29 is 5.11 Å². The summed E-state index contributed by atoms with van der Waals surface area (Å²) >= 11 is 0. The van der Waals surface area contributed by atoms with Gasteiger partial charge in [0, 0.05) is 37.6 Å². The standard InChI is InChI=1S/C20H24N2O/c23-18-11-17-12-21-13-19(22(17)14-18)20(15-7-3-1-4-8-15)16-9-5-2-6-10-16/h1-10,17-21,23H,11-14H2/t17-,18-,19-/m0/s1. The van der Waals surface area contributed by atoms with E-state index in [1.807, 2.05) is 0 Å². The van der Waals surface area contributed by atoms with Gasteiger partial charge in [-0.3, -0.25) is 4.90 Å². The highest BCUT2D eigenvalue weighted by Gasteiger charge is 2.41. The van der Waals surface area contributed by atoms with Crippen LogP contribution < -0.4 is 5.32 Å². The smallest absolute Gasteiger partial charge is 0.0682 e. The molecule has 0 bridgehead atoms. The van der Waals surface area contributed by atoms with Gasteiger partial charge in [0.2, 0.25) is 0 Å². The molecule has 2 heterocycles. The molecule has 2 aliphatic heterocycles. The van der Waals surface area contributed by atoms with E-state index < -0.39 is 0 Å². The fraction of sp³-hybridized carbons (Fsp3) is 0.400. The first kappa shape index (κ1) is 14.9. The summed E-state index contributed by atoms with van der Waals surface area (Å²) in [6, 6.07) is 22.4. The Kier molecular flexibility index (Phi) is 4.17. The van der Waals surface area contributed by atoms with E-state index in [1.165, 1.54) is 11.1 Å². The Morgan fingerprint density at radius 2 is 1.52 bits per heavy atom. The van der Waals surface area contributed by atoms with Crippen molar-refractivity contribution in [3.8, 4) is 0 Å². The molecule has 2 aromatic carbocycles. The molecule has 23 heavy (non-hydrogen) atoms. The molecule has 2 N–H and O–H groups in total. The number of aliphatic hydroxyl groups is 1. The molecular weight excluding hydrogens is 284 g/mol. The molecular formula is C20H24N2O. The number of nitrogens with zero attached hydrogens (tertiary/aromatic N) is 1. The average molecular weight is 308 g/mol. The highest BCUT2D eigenvalue weighted by atomic mass is 16.3. The van der Waals surface area contributed by atoms with E-state index in [0.717, 1.165) is 26.1 Å². The summed E-state index contributed by atoms with van der Waals surface area (Å²) < 4.78 is 0. The lowest BCUT2D eigenvalue weighted by molar-refractivity contribution is 0.112. The van der Waals surface area contributed by atoms with Crippen LogP contribution in [0.1, 0.15) is 23.5 Å². The van der Waals surface area contributed by atoms with E-state index in [9.17, 15) is 5.11 Å². The Labute approximate surface area is 138 Å². The number of hydrogen-bond acceptors (Lipinski definition) is 3. The van der Waals surface area contributed by atoms with Crippen LogP contribution in [0.15, 0.2) is 60.7 Å². The Hall–Kier alpha value is -1.68. The van der Waals surface area contributed by atoms with Crippen LogP contribution in [0.25, 0.3) is 0 Å². The van der Waals surface area contributed by atoms with Crippen molar-refractivity contribution in [1.82, 2.24) is 10.2 Å². The molecule has 0 radical (unpaired) electrons. The maximum atomic E-state index is 10.1. The van der Waals surface area contributed by atoms with Gasteiger partial charge < -0.3 is 10.4 Å². The number of piperazine rings is 1. The van der Waals surface area contributed by atoms with Gasteiger partial charge in [-0.25, -0.2) is 0 Å². The van der Waals surface area contributed by atoms with Crippen LogP contribution in [0.4, 0.5) is 0 Å². The van der Waals surface area contributed by atoms with Crippen molar-refractivity contribution in [1.29, 1.82) is 0 Å². The predicted octanol–water partition coefficient (Wildman–Crippen LogP) is 2.23. The quantitative estimate of drug-likeness (QED) is 0.913. The molecule has 0 spiro atoms. The summed E-state index contributed by atoms with van der Waals surface area (Å²) in [6.07, 6.45) is 0.703. The first-order valence-corrected chi connectivity index (χ1v) is 8.57. The highest BCUT2D eigenvalue weighted by Crippen LogP contribution is 2.35. The summed E-state index contributed by atoms with van der Waals surface area (Å²) in [5.41, 5.74) is 2.71. The van der Waals surface area contributed by atoms with Crippen LogP contribution in [-0.2, 0) is 0 Å². The first-order valence-electron chi connectivity index (χ1n) is 8.57. The van der Waals surface area contributed by atoms with Gasteiger partial charge in [-0.15, -0.1) is 0 Å². The molecule has 2 aliphatic rings. The van der Waals surface area contributed by atoms with E-state index in [1.54, 1.807) is 0 Å². The Bertz CT molecular complexity index is 591. The van der Waals surface area contributed by atoms with Crippen molar-refractivity contribution in [2.24, 2.45) is 0 Å². The summed E-state index contributed by atoms with van der Waals surface area (Å²) in [7, 11) is 0. The molecule has 3 nitrogen and oxygen atoms in total. The van der Waals surface area contributed by atoms with Gasteiger partial charge in [-0.1, -0.05) is 60.7 Å². The summed E-state index contributed by atoms with van der Waals surface area (Å²) in [5, 5.41) is 13.7. The van der Waals surface area contributed by atoms with Crippen LogP contribution in [-0.4, -0.2) is 47.8 Å². The zero-order valence-corrected chi connectivity index (χ0v) is 13.3. The second kappa shape index (κ2) is 6.44. The molecule has 0 aromatic heterocycles. The van der Waals surface area contributed by atoms with E-state index in [4.69, 9.17) is 0 Å².